The Morgan fingerprint density at radius 2 is 1.88 bits per heavy atom. The van der Waals surface area contributed by atoms with Crippen molar-refractivity contribution in [3.05, 3.63) is 17.5 Å². The van der Waals surface area contributed by atoms with Crippen molar-refractivity contribution in [2.75, 3.05) is 5.32 Å². The van der Waals surface area contributed by atoms with Gasteiger partial charge in [0.05, 0.1) is 6.10 Å². The van der Waals surface area contributed by atoms with Crippen LogP contribution in [0.25, 0.3) is 0 Å². The van der Waals surface area contributed by atoms with Gasteiger partial charge in [-0.25, -0.2) is 9.97 Å². The fourth-order valence-electron chi connectivity index (χ4n) is 2.09. The van der Waals surface area contributed by atoms with Gasteiger partial charge in [0.15, 0.2) is 0 Å². The van der Waals surface area contributed by atoms with Gasteiger partial charge in [-0.05, 0) is 26.3 Å². The lowest BCUT2D eigenvalue weighted by Gasteiger charge is -2.49. The molecule has 0 amide bonds. The summed E-state index contributed by atoms with van der Waals surface area (Å²) in [5, 5.41) is 13.0. The van der Waals surface area contributed by atoms with E-state index in [9.17, 15) is 5.11 Å². The number of nitrogens with zero attached hydrogens (tertiary/aromatic N) is 2. The standard InChI is InChI=1S/C12H19N3O/c1-7-5-8(2)14-11(13-7)15-9-6-10(16)12(9,3)4/h5,9-10,16H,6H2,1-4H3,(H,13,14,15). The summed E-state index contributed by atoms with van der Waals surface area (Å²) in [6.45, 7) is 8.03. The maximum atomic E-state index is 9.65. The molecule has 2 atom stereocenters. The van der Waals surface area contributed by atoms with Gasteiger partial charge in [0.1, 0.15) is 0 Å². The van der Waals surface area contributed by atoms with Crippen LogP contribution in [-0.4, -0.2) is 27.2 Å². The molecule has 0 radical (unpaired) electrons. The summed E-state index contributed by atoms with van der Waals surface area (Å²) < 4.78 is 0. The largest absolute Gasteiger partial charge is 0.392 e. The van der Waals surface area contributed by atoms with Crippen molar-refractivity contribution in [3.8, 4) is 0 Å². The molecule has 16 heavy (non-hydrogen) atoms. The lowest BCUT2D eigenvalue weighted by molar-refractivity contribution is -0.0512. The summed E-state index contributed by atoms with van der Waals surface area (Å²) in [5.74, 6) is 0.669. The molecular formula is C12H19N3O. The van der Waals surface area contributed by atoms with Crippen LogP contribution in [0.3, 0.4) is 0 Å². The summed E-state index contributed by atoms with van der Waals surface area (Å²) in [7, 11) is 0. The average Bonchev–Trinajstić information content (AvgIpc) is 2.15. The Morgan fingerprint density at radius 1 is 1.31 bits per heavy atom. The van der Waals surface area contributed by atoms with Gasteiger partial charge in [-0.3, -0.25) is 0 Å². The van der Waals surface area contributed by atoms with Crippen LogP contribution in [0.2, 0.25) is 0 Å². The van der Waals surface area contributed by atoms with Crippen LogP contribution in [0, 0.1) is 19.3 Å². The Kier molecular flexibility index (Phi) is 2.62. The molecule has 0 bridgehead atoms. The quantitative estimate of drug-likeness (QED) is 0.797. The molecule has 0 spiro atoms. The highest BCUT2D eigenvalue weighted by Gasteiger charge is 2.47. The van der Waals surface area contributed by atoms with Crippen LogP contribution in [-0.2, 0) is 0 Å². The highest BCUT2D eigenvalue weighted by molar-refractivity contribution is 5.32. The number of aromatic nitrogens is 2. The number of nitrogens with one attached hydrogen (secondary N) is 1. The molecule has 1 aliphatic rings. The average molecular weight is 221 g/mol. The van der Waals surface area contributed by atoms with Crippen molar-refractivity contribution in [3.63, 3.8) is 0 Å². The van der Waals surface area contributed by atoms with Gasteiger partial charge in [0, 0.05) is 22.8 Å². The third kappa shape index (κ3) is 1.89. The molecule has 1 aliphatic carbocycles. The molecule has 1 fully saturated rings. The van der Waals surface area contributed by atoms with E-state index in [0.717, 1.165) is 17.8 Å². The Labute approximate surface area is 96.1 Å². The predicted molar refractivity (Wildman–Crippen MR) is 63.3 cm³/mol. The molecule has 1 heterocycles. The molecule has 1 aromatic heterocycles. The van der Waals surface area contributed by atoms with Gasteiger partial charge in [-0.1, -0.05) is 13.8 Å². The summed E-state index contributed by atoms with van der Waals surface area (Å²) in [6.07, 6.45) is 0.541. The number of hydrogen-bond donors (Lipinski definition) is 2. The molecule has 2 rings (SSSR count). The fourth-order valence-corrected chi connectivity index (χ4v) is 2.09. The van der Waals surface area contributed by atoms with E-state index in [4.69, 9.17) is 0 Å². The minimum atomic E-state index is -0.226. The van der Waals surface area contributed by atoms with Crippen LogP contribution in [0.4, 0.5) is 5.95 Å². The number of aliphatic hydroxyl groups excluding tert-OH is 1. The lowest BCUT2D eigenvalue weighted by Crippen LogP contribution is -2.57. The van der Waals surface area contributed by atoms with E-state index in [-0.39, 0.29) is 17.6 Å². The fraction of sp³-hybridized carbons (Fsp3) is 0.667. The Hall–Kier alpha value is -1.16. The van der Waals surface area contributed by atoms with Crippen molar-refractivity contribution in [1.82, 2.24) is 9.97 Å². The first kappa shape index (κ1) is 11.3. The zero-order valence-electron chi connectivity index (χ0n) is 10.3. The van der Waals surface area contributed by atoms with Crippen molar-refractivity contribution < 1.29 is 5.11 Å². The first-order chi connectivity index (χ1) is 7.39. The Balaban J connectivity index is 2.11. The van der Waals surface area contributed by atoms with Gasteiger partial charge in [-0.2, -0.15) is 0 Å². The number of hydrogen-bond acceptors (Lipinski definition) is 4. The zero-order chi connectivity index (χ0) is 11.9. The first-order valence-corrected chi connectivity index (χ1v) is 5.66. The molecule has 1 aromatic rings. The second kappa shape index (κ2) is 3.70. The second-order valence-electron chi connectivity index (χ2n) is 5.24. The molecule has 0 aromatic carbocycles. The van der Waals surface area contributed by atoms with Gasteiger partial charge in [0.25, 0.3) is 0 Å². The van der Waals surface area contributed by atoms with E-state index in [1.165, 1.54) is 0 Å². The third-order valence-electron chi connectivity index (χ3n) is 3.50. The molecule has 0 saturated heterocycles. The highest BCUT2D eigenvalue weighted by Crippen LogP contribution is 2.41. The summed E-state index contributed by atoms with van der Waals surface area (Å²) >= 11 is 0. The minimum absolute atomic E-state index is 0.0962. The molecule has 2 N–H and O–H groups in total. The maximum absolute atomic E-state index is 9.65. The van der Waals surface area contributed by atoms with Crippen LogP contribution in [0.5, 0.6) is 0 Å². The number of aryl methyl sites for hydroxylation is 2. The molecule has 88 valence electrons. The van der Waals surface area contributed by atoms with Crippen molar-refractivity contribution in [2.24, 2.45) is 5.41 Å². The summed E-state index contributed by atoms with van der Waals surface area (Å²) in [4.78, 5) is 8.69. The smallest absolute Gasteiger partial charge is 0.223 e. The van der Waals surface area contributed by atoms with Crippen LogP contribution >= 0.6 is 0 Å². The molecule has 4 heteroatoms. The Morgan fingerprint density at radius 3 is 2.31 bits per heavy atom. The summed E-state index contributed by atoms with van der Waals surface area (Å²) in [6, 6.07) is 2.20. The molecular weight excluding hydrogens is 202 g/mol. The van der Waals surface area contributed by atoms with Crippen LogP contribution < -0.4 is 5.32 Å². The van der Waals surface area contributed by atoms with Crippen LogP contribution in [0.1, 0.15) is 31.7 Å². The number of aliphatic hydroxyl groups is 1. The van der Waals surface area contributed by atoms with E-state index in [0.29, 0.717) is 5.95 Å². The van der Waals surface area contributed by atoms with Crippen molar-refractivity contribution in [2.45, 2.75) is 46.3 Å². The number of rotatable bonds is 2. The van der Waals surface area contributed by atoms with E-state index in [1.807, 2.05) is 19.9 Å². The Bertz CT molecular complexity index is 383. The van der Waals surface area contributed by atoms with Crippen molar-refractivity contribution >= 4 is 5.95 Å². The van der Waals surface area contributed by atoms with E-state index < -0.39 is 0 Å². The topological polar surface area (TPSA) is 58.0 Å². The predicted octanol–water partition coefficient (Wildman–Crippen LogP) is 1.66. The highest BCUT2D eigenvalue weighted by atomic mass is 16.3. The van der Waals surface area contributed by atoms with Crippen LogP contribution in [0.15, 0.2) is 6.07 Å². The third-order valence-corrected chi connectivity index (χ3v) is 3.50. The van der Waals surface area contributed by atoms with E-state index in [1.54, 1.807) is 0 Å². The minimum Gasteiger partial charge on any atom is -0.392 e. The lowest BCUT2D eigenvalue weighted by atomic mass is 9.65. The zero-order valence-corrected chi connectivity index (χ0v) is 10.3. The van der Waals surface area contributed by atoms with Crippen molar-refractivity contribution in [1.29, 1.82) is 0 Å². The molecule has 0 aliphatic heterocycles. The van der Waals surface area contributed by atoms with Gasteiger partial charge in [0.2, 0.25) is 5.95 Å². The van der Waals surface area contributed by atoms with Gasteiger partial charge in [-0.15, -0.1) is 0 Å². The maximum Gasteiger partial charge on any atom is 0.223 e. The molecule has 1 saturated carbocycles. The monoisotopic (exact) mass is 221 g/mol. The van der Waals surface area contributed by atoms with Gasteiger partial charge < -0.3 is 10.4 Å². The molecule has 2 unspecified atom stereocenters. The molecule has 4 nitrogen and oxygen atoms in total. The normalized spacial score (nSPS) is 27.3. The van der Waals surface area contributed by atoms with E-state index >= 15 is 0 Å². The summed E-state index contributed by atoms with van der Waals surface area (Å²) in [5.41, 5.74) is 1.83. The second-order valence-corrected chi connectivity index (χ2v) is 5.24. The SMILES string of the molecule is Cc1cc(C)nc(NC2CC(O)C2(C)C)n1. The number of anilines is 1. The first-order valence-electron chi connectivity index (χ1n) is 5.66. The van der Waals surface area contributed by atoms with Gasteiger partial charge >= 0.3 is 0 Å². The van der Waals surface area contributed by atoms with E-state index in [2.05, 4.69) is 29.1 Å².